The van der Waals surface area contributed by atoms with Crippen molar-refractivity contribution in [3.63, 3.8) is 0 Å². The number of carbonyl (C=O) groups is 4. The Labute approximate surface area is 224 Å². The zero-order valence-electron chi connectivity index (χ0n) is 23.5. The highest BCUT2D eigenvalue weighted by Gasteiger charge is 2.08. The van der Waals surface area contributed by atoms with Gasteiger partial charge >= 0.3 is 23.9 Å². The predicted molar refractivity (Wildman–Crippen MR) is 142 cm³/mol. The van der Waals surface area contributed by atoms with Gasteiger partial charge in [-0.1, -0.05) is 97.3 Å². The van der Waals surface area contributed by atoms with Crippen molar-refractivity contribution in [2.45, 2.75) is 149 Å². The predicted octanol–water partition coefficient (Wildman–Crippen LogP) is 7.31. The minimum absolute atomic E-state index is 0.295. The molecule has 8 nitrogen and oxygen atoms in total. The van der Waals surface area contributed by atoms with Crippen LogP contribution in [0.5, 0.6) is 0 Å². The lowest BCUT2D eigenvalue weighted by atomic mass is 10.1. The molecule has 0 heterocycles. The summed E-state index contributed by atoms with van der Waals surface area (Å²) in [4.78, 5) is 46.6. The molecule has 0 saturated carbocycles. The van der Waals surface area contributed by atoms with Gasteiger partial charge in [0.2, 0.25) is 13.6 Å². The molecule has 0 N–H and O–H groups in total. The number of esters is 4. The van der Waals surface area contributed by atoms with E-state index in [2.05, 4.69) is 13.8 Å². The number of unbranched alkanes of at least 4 members (excludes halogenated alkanes) is 14. The normalized spacial score (nSPS) is 10.6. The van der Waals surface area contributed by atoms with Crippen molar-refractivity contribution in [2.75, 3.05) is 13.6 Å². The average molecular weight is 529 g/mol. The largest absolute Gasteiger partial charge is 0.428 e. The van der Waals surface area contributed by atoms with Crippen molar-refractivity contribution < 1.29 is 38.1 Å². The summed E-state index contributed by atoms with van der Waals surface area (Å²) in [5.74, 6) is -1.31. The van der Waals surface area contributed by atoms with Crippen LogP contribution in [0.2, 0.25) is 0 Å². The zero-order valence-corrected chi connectivity index (χ0v) is 23.5. The van der Waals surface area contributed by atoms with Crippen LogP contribution in [0.25, 0.3) is 0 Å². The van der Waals surface area contributed by atoms with Crippen molar-refractivity contribution >= 4 is 23.9 Å². The molecule has 8 heteroatoms. The molecule has 0 saturated heterocycles. The van der Waals surface area contributed by atoms with Gasteiger partial charge in [-0.15, -0.1) is 0 Å². The first-order valence-corrected chi connectivity index (χ1v) is 14.6. The van der Waals surface area contributed by atoms with Crippen LogP contribution >= 0.6 is 0 Å². The Morgan fingerprint density at radius 3 is 0.811 bits per heavy atom. The zero-order chi connectivity index (χ0) is 27.4. The van der Waals surface area contributed by atoms with Crippen molar-refractivity contribution in [2.24, 2.45) is 0 Å². The van der Waals surface area contributed by atoms with Gasteiger partial charge in [0.05, 0.1) is 0 Å². The molecular weight excluding hydrogens is 476 g/mol. The second-order valence-electron chi connectivity index (χ2n) is 9.60. The molecule has 0 spiro atoms. The summed E-state index contributed by atoms with van der Waals surface area (Å²) in [5, 5.41) is 0. The third kappa shape index (κ3) is 26.7. The Kier molecular flexibility index (Phi) is 25.4. The van der Waals surface area contributed by atoms with Crippen LogP contribution in [-0.4, -0.2) is 37.5 Å². The van der Waals surface area contributed by atoms with E-state index in [9.17, 15) is 19.2 Å². The Morgan fingerprint density at radius 2 is 0.568 bits per heavy atom. The lowest BCUT2D eigenvalue weighted by Gasteiger charge is -2.07. The third-order valence-corrected chi connectivity index (χ3v) is 6.11. The van der Waals surface area contributed by atoms with E-state index >= 15 is 0 Å². The molecule has 0 aromatic heterocycles. The standard InChI is InChI=1S/C29H52O8/c1-3-5-7-12-16-20-26(30)34-24-36-28(32)22-18-14-10-9-11-15-19-23-29(33)37-25-35-27(31)21-17-13-8-6-4-2/h3-25H2,1-2H3. The molecule has 0 aromatic carbocycles. The summed E-state index contributed by atoms with van der Waals surface area (Å²) in [6, 6.07) is 0. The van der Waals surface area contributed by atoms with E-state index < -0.39 is 0 Å². The first-order chi connectivity index (χ1) is 18.0. The number of rotatable bonds is 26. The van der Waals surface area contributed by atoms with Gasteiger partial charge in [-0.05, 0) is 25.7 Å². The molecule has 0 rings (SSSR count). The van der Waals surface area contributed by atoms with Crippen molar-refractivity contribution in [3.05, 3.63) is 0 Å². The first-order valence-electron chi connectivity index (χ1n) is 14.6. The topological polar surface area (TPSA) is 105 Å². The van der Waals surface area contributed by atoms with Gasteiger partial charge < -0.3 is 18.9 Å². The SMILES string of the molecule is CCCCCCCC(=O)OCOC(=O)CCCCCCCCCC(=O)OCOC(=O)CCCCCCC. The van der Waals surface area contributed by atoms with E-state index in [4.69, 9.17) is 18.9 Å². The van der Waals surface area contributed by atoms with Gasteiger partial charge in [0.15, 0.2) is 0 Å². The summed E-state index contributed by atoms with van der Waals surface area (Å²) >= 11 is 0. The molecule has 0 aliphatic rings. The van der Waals surface area contributed by atoms with Gasteiger partial charge in [0.25, 0.3) is 0 Å². The summed E-state index contributed by atoms with van der Waals surface area (Å²) < 4.78 is 19.8. The summed E-state index contributed by atoms with van der Waals surface area (Å²) in [6.45, 7) is 3.70. The van der Waals surface area contributed by atoms with Crippen molar-refractivity contribution in [3.8, 4) is 0 Å². The minimum atomic E-state index is -0.341. The van der Waals surface area contributed by atoms with Crippen molar-refractivity contribution in [1.29, 1.82) is 0 Å². The lowest BCUT2D eigenvalue weighted by molar-refractivity contribution is -0.169. The molecule has 216 valence electrons. The maximum absolute atomic E-state index is 11.7. The molecule has 0 amide bonds. The molecule has 0 fully saturated rings. The van der Waals surface area contributed by atoms with Crippen LogP contribution in [0, 0.1) is 0 Å². The summed E-state index contributed by atoms with van der Waals surface area (Å²) in [6.07, 6.45) is 18.4. The number of carbonyl (C=O) groups excluding carboxylic acids is 4. The Bertz CT molecular complexity index is 540. The van der Waals surface area contributed by atoms with Crippen LogP contribution < -0.4 is 0 Å². The molecule has 0 radical (unpaired) electrons. The second-order valence-corrected chi connectivity index (χ2v) is 9.60. The van der Waals surface area contributed by atoms with Gasteiger partial charge in [-0.3, -0.25) is 19.2 Å². The molecule has 0 aliphatic heterocycles. The molecule has 0 bridgehead atoms. The molecule has 0 aromatic rings. The quantitative estimate of drug-likeness (QED) is 0.0654. The fourth-order valence-corrected chi connectivity index (χ4v) is 3.78. The third-order valence-electron chi connectivity index (χ3n) is 6.11. The van der Waals surface area contributed by atoms with Gasteiger partial charge in [-0.25, -0.2) is 0 Å². The maximum atomic E-state index is 11.7. The van der Waals surface area contributed by atoms with E-state index in [-0.39, 0.29) is 37.5 Å². The highest BCUT2D eigenvalue weighted by atomic mass is 16.7. The Morgan fingerprint density at radius 1 is 0.351 bits per heavy atom. The van der Waals surface area contributed by atoms with Crippen molar-refractivity contribution in [1.82, 2.24) is 0 Å². The number of ether oxygens (including phenoxy) is 4. The second kappa shape index (κ2) is 26.9. The molecular formula is C29H52O8. The van der Waals surface area contributed by atoms with E-state index in [0.717, 1.165) is 83.5 Å². The van der Waals surface area contributed by atoms with E-state index in [1.54, 1.807) is 0 Å². The van der Waals surface area contributed by atoms with E-state index in [1.807, 2.05) is 0 Å². The summed E-state index contributed by atoms with van der Waals surface area (Å²) in [7, 11) is 0. The van der Waals surface area contributed by atoms with Gasteiger partial charge in [0, 0.05) is 25.7 Å². The highest BCUT2D eigenvalue weighted by Crippen LogP contribution is 2.11. The van der Waals surface area contributed by atoms with Crippen LogP contribution in [0.1, 0.15) is 149 Å². The Hall–Kier alpha value is -2.12. The van der Waals surface area contributed by atoms with E-state index in [1.165, 1.54) is 25.7 Å². The number of hydrogen-bond acceptors (Lipinski definition) is 8. The maximum Gasteiger partial charge on any atom is 0.308 e. The summed E-state index contributed by atoms with van der Waals surface area (Å²) in [5.41, 5.74) is 0. The smallest absolute Gasteiger partial charge is 0.308 e. The monoisotopic (exact) mass is 528 g/mol. The minimum Gasteiger partial charge on any atom is -0.428 e. The Balaban J connectivity index is 3.42. The molecule has 37 heavy (non-hydrogen) atoms. The lowest BCUT2D eigenvalue weighted by Crippen LogP contribution is -2.12. The van der Waals surface area contributed by atoms with Crippen LogP contribution in [0.4, 0.5) is 0 Å². The first kappa shape index (κ1) is 34.9. The van der Waals surface area contributed by atoms with E-state index in [0.29, 0.717) is 25.7 Å². The highest BCUT2D eigenvalue weighted by molar-refractivity contribution is 5.71. The fourth-order valence-electron chi connectivity index (χ4n) is 3.78. The molecule has 0 atom stereocenters. The molecule has 0 aliphatic carbocycles. The van der Waals surface area contributed by atoms with Crippen LogP contribution in [0.3, 0.4) is 0 Å². The fraction of sp³-hybridized carbons (Fsp3) is 0.862. The van der Waals surface area contributed by atoms with Gasteiger partial charge in [0.1, 0.15) is 0 Å². The molecule has 0 unspecified atom stereocenters. The van der Waals surface area contributed by atoms with Gasteiger partial charge in [-0.2, -0.15) is 0 Å². The van der Waals surface area contributed by atoms with Crippen LogP contribution in [0.15, 0.2) is 0 Å². The average Bonchev–Trinajstić information content (AvgIpc) is 2.87. The van der Waals surface area contributed by atoms with Crippen LogP contribution in [-0.2, 0) is 38.1 Å². The number of hydrogen-bond donors (Lipinski definition) is 0.